The summed E-state index contributed by atoms with van der Waals surface area (Å²) < 4.78 is 8.17. The van der Waals surface area contributed by atoms with Crippen LogP contribution in [-0.4, -0.2) is 21.6 Å². The molecular formula is C22H18BrN3O2S. The van der Waals surface area contributed by atoms with Crippen molar-refractivity contribution in [3.8, 4) is 5.75 Å². The SMILES string of the molecule is COc1ccc(Br)cc1CSc1nc2ccccc2c(=O)n1Cc1cccnc1. The highest BCUT2D eigenvalue weighted by Gasteiger charge is 2.14. The van der Waals surface area contributed by atoms with E-state index in [0.29, 0.717) is 28.4 Å². The fraction of sp³-hybridized carbons (Fsp3) is 0.136. The van der Waals surface area contributed by atoms with E-state index in [2.05, 4.69) is 20.9 Å². The van der Waals surface area contributed by atoms with E-state index in [4.69, 9.17) is 9.72 Å². The minimum absolute atomic E-state index is 0.0526. The summed E-state index contributed by atoms with van der Waals surface area (Å²) in [6.45, 7) is 0.419. The van der Waals surface area contributed by atoms with Crippen LogP contribution in [0.4, 0.5) is 0 Å². The van der Waals surface area contributed by atoms with E-state index >= 15 is 0 Å². The van der Waals surface area contributed by atoms with Crippen LogP contribution in [0.25, 0.3) is 10.9 Å². The monoisotopic (exact) mass is 467 g/mol. The number of ether oxygens (including phenoxy) is 1. The van der Waals surface area contributed by atoms with Crippen molar-refractivity contribution in [1.29, 1.82) is 0 Å². The number of pyridine rings is 1. The van der Waals surface area contributed by atoms with Crippen LogP contribution in [0.3, 0.4) is 0 Å². The highest BCUT2D eigenvalue weighted by molar-refractivity contribution is 9.10. The first kappa shape index (κ1) is 19.7. The van der Waals surface area contributed by atoms with Gasteiger partial charge in [0.25, 0.3) is 5.56 Å². The zero-order valence-electron chi connectivity index (χ0n) is 15.7. The molecule has 2 aromatic heterocycles. The summed E-state index contributed by atoms with van der Waals surface area (Å²) in [6, 6.07) is 17.2. The Hall–Kier alpha value is -2.64. The number of hydrogen-bond donors (Lipinski definition) is 0. The fourth-order valence-electron chi connectivity index (χ4n) is 3.07. The summed E-state index contributed by atoms with van der Waals surface area (Å²) in [5.41, 5.74) is 2.63. The molecule has 4 aromatic rings. The Morgan fingerprint density at radius 1 is 1.14 bits per heavy atom. The lowest BCUT2D eigenvalue weighted by Gasteiger charge is -2.14. The first-order valence-electron chi connectivity index (χ1n) is 8.99. The van der Waals surface area contributed by atoms with E-state index < -0.39 is 0 Å². The molecule has 0 aliphatic rings. The molecule has 146 valence electrons. The molecular weight excluding hydrogens is 450 g/mol. The maximum Gasteiger partial charge on any atom is 0.262 e. The predicted octanol–water partition coefficient (Wildman–Crippen LogP) is 4.90. The van der Waals surface area contributed by atoms with Crippen LogP contribution in [0.5, 0.6) is 5.75 Å². The third kappa shape index (κ3) is 4.36. The number of methoxy groups -OCH3 is 1. The minimum atomic E-state index is -0.0526. The quantitative estimate of drug-likeness (QED) is 0.298. The zero-order chi connectivity index (χ0) is 20.2. The highest BCUT2D eigenvalue weighted by atomic mass is 79.9. The standard InChI is InChI=1S/C22H18BrN3O2S/c1-28-20-9-8-17(23)11-16(20)14-29-22-25-19-7-3-2-6-18(19)21(27)26(22)13-15-5-4-10-24-12-15/h2-12H,13-14H2,1H3. The van der Waals surface area contributed by atoms with E-state index in [1.54, 1.807) is 24.1 Å². The molecule has 4 rings (SSSR count). The van der Waals surface area contributed by atoms with Gasteiger partial charge in [0, 0.05) is 28.2 Å². The molecule has 0 fully saturated rings. The van der Waals surface area contributed by atoms with E-state index in [-0.39, 0.29) is 5.56 Å². The Bertz CT molecular complexity index is 1210. The third-order valence-electron chi connectivity index (χ3n) is 4.49. The predicted molar refractivity (Wildman–Crippen MR) is 120 cm³/mol. The molecule has 0 amide bonds. The molecule has 2 aromatic carbocycles. The Morgan fingerprint density at radius 2 is 2.00 bits per heavy atom. The highest BCUT2D eigenvalue weighted by Crippen LogP contribution is 2.30. The molecule has 0 spiro atoms. The second-order valence-corrected chi connectivity index (χ2v) is 8.27. The Balaban J connectivity index is 1.75. The summed E-state index contributed by atoms with van der Waals surface area (Å²) in [5, 5.41) is 1.28. The van der Waals surface area contributed by atoms with Crippen LogP contribution in [0.15, 0.2) is 81.4 Å². The normalized spacial score (nSPS) is 11.0. The Labute approximate surface area is 180 Å². The van der Waals surface area contributed by atoms with Gasteiger partial charge >= 0.3 is 0 Å². The van der Waals surface area contributed by atoms with Crippen LogP contribution >= 0.6 is 27.7 Å². The number of halogens is 1. The molecule has 0 saturated heterocycles. The second-order valence-electron chi connectivity index (χ2n) is 6.41. The molecule has 0 bridgehead atoms. The molecule has 0 unspecified atom stereocenters. The summed E-state index contributed by atoms with van der Waals surface area (Å²) >= 11 is 5.03. The minimum Gasteiger partial charge on any atom is -0.496 e. The summed E-state index contributed by atoms with van der Waals surface area (Å²) in [6.07, 6.45) is 3.49. The van der Waals surface area contributed by atoms with Crippen LogP contribution in [0.2, 0.25) is 0 Å². The molecule has 0 N–H and O–H groups in total. The fourth-order valence-corrected chi connectivity index (χ4v) is 4.46. The van der Waals surface area contributed by atoms with Gasteiger partial charge in [0.1, 0.15) is 5.75 Å². The molecule has 0 aliphatic heterocycles. The van der Waals surface area contributed by atoms with Crippen molar-refractivity contribution in [3.05, 3.63) is 92.9 Å². The van der Waals surface area contributed by atoms with E-state index in [1.807, 2.05) is 54.6 Å². The molecule has 0 radical (unpaired) electrons. The average Bonchev–Trinajstić information content (AvgIpc) is 2.75. The second kappa shape index (κ2) is 8.80. The van der Waals surface area contributed by atoms with Crippen molar-refractivity contribution in [2.75, 3.05) is 7.11 Å². The van der Waals surface area contributed by atoms with Gasteiger partial charge in [-0.05, 0) is 42.0 Å². The van der Waals surface area contributed by atoms with E-state index in [1.165, 1.54) is 11.8 Å². The van der Waals surface area contributed by atoms with Gasteiger partial charge in [-0.15, -0.1) is 0 Å². The van der Waals surface area contributed by atoms with Crippen LogP contribution in [-0.2, 0) is 12.3 Å². The molecule has 0 saturated carbocycles. The van der Waals surface area contributed by atoms with Crippen molar-refractivity contribution in [1.82, 2.24) is 14.5 Å². The number of aromatic nitrogens is 3. The Kier molecular flexibility index (Phi) is 5.97. The molecule has 5 nitrogen and oxygen atoms in total. The lowest BCUT2D eigenvalue weighted by molar-refractivity contribution is 0.411. The van der Waals surface area contributed by atoms with Crippen molar-refractivity contribution >= 4 is 38.6 Å². The van der Waals surface area contributed by atoms with Gasteiger partial charge in [0.05, 0.1) is 24.6 Å². The molecule has 0 atom stereocenters. The van der Waals surface area contributed by atoms with Gasteiger partial charge in [-0.3, -0.25) is 14.3 Å². The first-order valence-corrected chi connectivity index (χ1v) is 10.8. The van der Waals surface area contributed by atoms with Gasteiger partial charge < -0.3 is 4.74 Å². The number of rotatable bonds is 6. The Morgan fingerprint density at radius 3 is 2.79 bits per heavy atom. The molecule has 0 aliphatic carbocycles. The molecule has 2 heterocycles. The van der Waals surface area contributed by atoms with Crippen molar-refractivity contribution < 1.29 is 4.74 Å². The topological polar surface area (TPSA) is 57.0 Å². The van der Waals surface area contributed by atoms with Gasteiger partial charge in [-0.1, -0.05) is 45.9 Å². The largest absolute Gasteiger partial charge is 0.496 e. The summed E-state index contributed by atoms with van der Waals surface area (Å²) in [7, 11) is 1.66. The number of nitrogens with zero attached hydrogens (tertiary/aromatic N) is 3. The van der Waals surface area contributed by atoms with E-state index in [9.17, 15) is 4.79 Å². The van der Waals surface area contributed by atoms with Crippen LogP contribution in [0.1, 0.15) is 11.1 Å². The van der Waals surface area contributed by atoms with Gasteiger partial charge in [0.15, 0.2) is 5.16 Å². The lowest BCUT2D eigenvalue weighted by Crippen LogP contribution is -2.24. The zero-order valence-corrected chi connectivity index (χ0v) is 18.1. The van der Waals surface area contributed by atoms with Gasteiger partial charge in [-0.2, -0.15) is 0 Å². The lowest BCUT2D eigenvalue weighted by atomic mass is 10.2. The number of hydrogen-bond acceptors (Lipinski definition) is 5. The summed E-state index contributed by atoms with van der Waals surface area (Å²) in [4.78, 5) is 22.1. The smallest absolute Gasteiger partial charge is 0.262 e. The number of thioether (sulfide) groups is 1. The molecule has 7 heteroatoms. The van der Waals surface area contributed by atoms with Crippen molar-refractivity contribution in [3.63, 3.8) is 0 Å². The van der Waals surface area contributed by atoms with Gasteiger partial charge in [-0.25, -0.2) is 4.98 Å². The van der Waals surface area contributed by atoms with Crippen molar-refractivity contribution in [2.24, 2.45) is 0 Å². The van der Waals surface area contributed by atoms with Gasteiger partial charge in [0.2, 0.25) is 0 Å². The number of benzene rings is 2. The maximum absolute atomic E-state index is 13.2. The van der Waals surface area contributed by atoms with E-state index in [0.717, 1.165) is 21.3 Å². The number of para-hydroxylation sites is 1. The third-order valence-corrected chi connectivity index (χ3v) is 6.01. The van der Waals surface area contributed by atoms with Crippen LogP contribution in [0, 0.1) is 0 Å². The molecule has 29 heavy (non-hydrogen) atoms. The number of fused-ring (bicyclic) bond motifs is 1. The first-order chi connectivity index (χ1) is 14.2. The average molecular weight is 468 g/mol. The van der Waals surface area contributed by atoms with Crippen molar-refractivity contribution in [2.45, 2.75) is 17.5 Å². The summed E-state index contributed by atoms with van der Waals surface area (Å²) in [5.74, 6) is 1.43. The van der Waals surface area contributed by atoms with Crippen LogP contribution < -0.4 is 10.3 Å². The maximum atomic E-state index is 13.2.